The summed E-state index contributed by atoms with van der Waals surface area (Å²) in [5.74, 6) is 0.633. The molecule has 0 aromatic heterocycles. The maximum absolute atomic E-state index is 12.8. The molecule has 0 N–H and O–H groups in total. The van der Waals surface area contributed by atoms with Crippen LogP contribution in [0.25, 0.3) is 0 Å². The van der Waals surface area contributed by atoms with Gasteiger partial charge in [0.25, 0.3) is 0 Å². The fraction of sp³-hybridized carbons (Fsp3) is 1.00. The van der Waals surface area contributed by atoms with Crippen molar-refractivity contribution in [2.75, 3.05) is 0 Å². The molecule has 0 bridgehead atoms. The maximum atomic E-state index is 12.8. The molecule has 0 aliphatic rings. The van der Waals surface area contributed by atoms with Crippen LogP contribution in [0.5, 0.6) is 0 Å². The van der Waals surface area contributed by atoms with Gasteiger partial charge >= 0.3 is 0 Å². The molecule has 0 aliphatic heterocycles. The Morgan fingerprint density at radius 2 is 1.05 bits per heavy atom. The highest BCUT2D eigenvalue weighted by atomic mass is 32.2. The molecule has 2 nitrogen and oxygen atoms in total. The van der Waals surface area contributed by atoms with Crippen LogP contribution in [0, 0.1) is 11.8 Å². The van der Waals surface area contributed by atoms with Gasteiger partial charge in [-0.1, -0.05) is 53.4 Å². The predicted molar refractivity (Wildman–Crippen MR) is 85.2 cm³/mol. The number of rotatable bonds is 10. The normalized spacial score (nSPS) is 18.8. The van der Waals surface area contributed by atoms with Crippen LogP contribution in [0.15, 0.2) is 0 Å². The van der Waals surface area contributed by atoms with Crippen molar-refractivity contribution < 1.29 is 8.42 Å². The Labute approximate surface area is 121 Å². The Morgan fingerprint density at radius 1 is 0.737 bits per heavy atom. The van der Waals surface area contributed by atoms with Crippen molar-refractivity contribution in [2.24, 2.45) is 11.8 Å². The summed E-state index contributed by atoms with van der Waals surface area (Å²) in [5, 5.41) is -0.392. The van der Waals surface area contributed by atoms with Gasteiger partial charge in [0, 0.05) is 0 Å². The molecule has 0 amide bonds. The first-order chi connectivity index (χ1) is 8.86. The number of hydrogen-bond acceptors (Lipinski definition) is 2. The lowest BCUT2D eigenvalue weighted by Gasteiger charge is -2.29. The molecule has 4 atom stereocenters. The quantitative estimate of drug-likeness (QED) is 0.577. The molecule has 0 radical (unpaired) electrons. The van der Waals surface area contributed by atoms with Crippen LogP contribution in [0.2, 0.25) is 0 Å². The standard InChI is InChI=1S/C16H34O2S/c1-7-11-15(9-3)13(5)19(17,18)14(6)16(10-4)12-8-2/h13-16H,7-12H2,1-6H3. The van der Waals surface area contributed by atoms with Crippen molar-refractivity contribution in [3.05, 3.63) is 0 Å². The summed E-state index contributed by atoms with van der Waals surface area (Å²) in [6.45, 7) is 12.3. The third-order valence-corrected chi connectivity index (χ3v) is 7.57. The van der Waals surface area contributed by atoms with Gasteiger partial charge in [0.2, 0.25) is 0 Å². The zero-order valence-electron chi connectivity index (χ0n) is 13.8. The molecule has 0 aromatic carbocycles. The summed E-state index contributed by atoms with van der Waals surface area (Å²) in [6, 6.07) is 0. The third-order valence-electron chi connectivity index (χ3n) is 4.73. The average molecular weight is 291 g/mol. The minimum atomic E-state index is -3.01. The minimum Gasteiger partial charge on any atom is -0.228 e. The predicted octanol–water partition coefficient (Wildman–Crippen LogP) is 4.83. The molecule has 19 heavy (non-hydrogen) atoms. The molecule has 0 aliphatic carbocycles. The van der Waals surface area contributed by atoms with E-state index in [1.165, 1.54) is 0 Å². The number of hydrogen-bond donors (Lipinski definition) is 0. The Hall–Kier alpha value is -0.0500. The van der Waals surface area contributed by atoms with Gasteiger partial charge in [-0.2, -0.15) is 0 Å². The minimum absolute atomic E-state index is 0.196. The van der Waals surface area contributed by atoms with Gasteiger partial charge < -0.3 is 0 Å². The summed E-state index contributed by atoms with van der Waals surface area (Å²) < 4.78 is 25.6. The Bertz CT molecular complexity index is 296. The molecule has 0 heterocycles. The van der Waals surface area contributed by atoms with E-state index in [0.29, 0.717) is 11.8 Å². The van der Waals surface area contributed by atoms with E-state index in [4.69, 9.17) is 0 Å². The summed E-state index contributed by atoms with van der Waals surface area (Å²) >= 11 is 0. The van der Waals surface area contributed by atoms with Gasteiger partial charge in [-0.05, 0) is 38.5 Å². The lowest BCUT2D eigenvalue weighted by atomic mass is 9.97. The van der Waals surface area contributed by atoms with Gasteiger partial charge in [-0.3, -0.25) is 0 Å². The van der Waals surface area contributed by atoms with Crippen molar-refractivity contribution in [2.45, 2.75) is 90.6 Å². The summed E-state index contributed by atoms with van der Waals surface area (Å²) in [4.78, 5) is 0. The molecular weight excluding hydrogens is 256 g/mol. The molecule has 0 aromatic rings. The summed E-state index contributed by atoms with van der Waals surface area (Å²) in [5.41, 5.74) is 0. The summed E-state index contributed by atoms with van der Waals surface area (Å²) in [6.07, 6.45) is 6.11. The average Bonchev–Trinajstić information content (AvgIpc) is 2.40. The molecule has 0 saturated carbocycles. The highest BCUT2D eigenvalue weighted by Gasteiger charge is 2.35. The first-order valence-electron chi connectivity index (χ1n) is 8.09. The Kier molecular flexibility index (Phi) is 8.97. The van der Waals surface area contributed by atoms with E-state index in [0.717, 1.165) is 38.5 Å². The van der Waals surface area contributed by atoms with Crippen molar-refractivity contribution in [3.63, 3.8) is 0 Å². The van der Waals surface area contributed by atoms with Crippen LogP contribution in [0.1, 0.15) is 80.1 Å². The molecular formula is C16H34O2S. The molecule has 4 unspecified atom stereocenters. The smallest absolute Gasteiger partial charge is 0.156 e. The first-order valence-corrected chi connectivity index (χ1v) is 9.70. The number of sulfone groups is 1. The van der Waals surface area contributed by atoms with Gasteiger partial charge in [0.05, 0.1) is 10.5 Å². The van der Waals surface area contributed by atoms with E-state index < -0.39 is 9.84 Å². The monoisotopic (exact) mass is 290 g/mol. The second-order valence-corrected chi connectivity index (χ2v) is 8.58. The highest BCUT2D eigenvalue weighted by Crippen LogP contribution is 2.29. The molecule has 116 valence electrons. The van der Waals surface area contributed by atoms with E-state index in [9.17, 15) is 8.42 Å². The van der Waals surface area contributed by atoms with Gasteiger partial charge in [0.15, 0.2) is 9.84 Å². The molecule has 0 saturated heterocycles. The van der Waals surface area contributed by atoms with E-state index in [-0.39, 0.29) is 10.5 Å². The zero-order chi connectivity index (χ0) is 15.1. The topological polar surface area (TPSA) is 34.1 Å². The van der Waals surface area contributed by atoms with E-state index >= 15 is 0 Å². The largest absolute Gasteiger partial charge is 0.228 e. The van der Waals surface area contributed by atoms with Crippen LogP contribution in [0.4, 0.5) is 0 Å². The zero-order valence-corrected chi connectivity index (χ0v) is 14.6. The fourth-order valence-electron chi connectivity index (χ4n) is 3.16. The Balaban J connectivity index is 5.01. The Morgan fingerprint density at radius 3 is 1.26 bits per heavy atom. The molecule has 0 spiro atoms. The molecule has 3 heteroatoms. The van der Waals surface area contributed by atoms with Crippen LogP contribution in [-0.2, 0) is 9.84 Å². The van der Waals surface area contributed by atoms with Gasteiger partial charge in [-0.15, -0.1) is 0 Å². The van der Waals surface area contributed by atoms with Gasteiger partial charge in [-0.25, -0.2) is 8.42 Å². The van der Waals surface area contributed by atoms with E-state index in [1.54, 1.807) is 0 Å². The van der Waals surface area contributed by atoms with Crippen LogP contribution in [0.3, 0.4) is 0 Å². The fourth-order valence-corrected chi connectivity index (χ4v) is 5.57. The van der Waals surface area contributed by atoms with Crippen LogP contribution >= 0.6 is 0 Å². The van der Waals surface area contributed by atoms with Crippen LogP contribution < -0.4 is 0 Å². The lowest BCUT2D eigenvalue weighted by molar-refractivity contribution is 0.410. The summed E-state index contributed by atoms with van der Waals surface area (Å²) in [7, 11) is -3.01. The van der Waals surface area contributed by atoms with Crippen molar-refractivity contribution >= 4 is 9.84 Å². The third kappa shape index (κ3) is 5.09. The highest BCUT2D eigenvalue weighted by molar-refractivity contribution is 7.92. The van der Waals surface area contributed by atoms with Gasteiger partial charge in [0.1, 0.15) is 0 Å². The SMILES string of the molecule is CCCC(CC)C(C)S(=O)(=O)C(C)C(CC)CCC. The molecule has 0 rings (SSSR count). The van der Waals surface area contributed by atoms with Crippen LogP contribution in [-0.4, -0.2) is 18.9 Å². The lowest BCUT2D eigenvalue weighted by Crippen LogP contribution is -2.37. The second-order valence-electron chi connectivity index (χ2n) is 5.91. The van der Waals surface area contributed by atoms with Crippen molar-refractivity contribution in [3.8, 4) is 0 Å². The maximum Gasteiger partial charge on any atom is 0.156 e. The van der Waals surface area contributed by atoms with E-state index in [2.05, 4.69) is 27.7 Å². The second kappa shape index (κ2) is 8.99. The van der Waals surface area contributed by atoms with E-state index in [1.807, 2.05) is 13.8 Å². The molecule has 0 fully saturated rings. The first kappa shape index (κ1) is 18.9. The van der Waals surface area contributed by atoms with Crippen molar-refractivity contribution in [1.29, 1.82) is 0 Å². The van der Waals surface area contributed by atoms with Crippen molar-refractivity contribution in [1.82, 2.24) is 0 Å².